The van der Waals surface area contributed by atoms with Gasteiger partial charge in [0.2, 0.25) is 10.8 Å². The molecule has 0 atom stereocenters. The second kappa shape index (κ2) is 7.38. The summed E-state index contributed by atoms with van der Waals surface area (Å²) in [4.78, 5) is 4.44. The van der Waals surface area contributed by atoms with Crippen LogP contribution in [0.4, 0.5) is 5.13 Å². The standard InChI is InChI=1S/C19H15N5O2S/c1-13(14-8-4-2-5-9-14)21-22-19-20-16(12-27-19)17-18(25)26-23-24(17)15-10-6-3-7-11-15/h2-12H,1H3,(H-,20,22,23,25). The van der Waals surface area contributed by atoms with Crippen molar-refractivity contribution in [2.45, 2.75) is 6.92 Å². The lowest BCUT2D eigenvalue weighted by atomic mass is 10.1. The fraction of sp³-hybridized carbons (Fsp3) is 0.0526. The first-order valence-electron chi connectivity index (χ1n) is 8.18. The number of nitrogens with zero attached hydrogens (tertiary/aromatic N) is 4. The molecule has 0 fully saturated rings. The summed E-state index contributed by atoms with van der Waals surface area (Å²) in [5, 5.41) is 22.7. The lowest BCUT2D eigenvalue weighted by molar-refractivity contribution is -0.660. The molecule has 0 spiro atoms. The van der Waals surface area contributed by atoms with Crippen molar-refractivity contribution in [3.8, 4) is 23.0 Å². The summed E-state index contributed by atoms with van der Waals surface area (Å²) in [7, 11) is 0. The van der Waals surface area contributed by atoms with Crippen molar-refractivity contribution in [3.05, 3.63) is 71.6 Å². The molecule has 1 N–H and O–H groups in total. The zero-order chi connectivity index (χ0) is 18.6. The van der Waals surface area contributed by atoms with Crippen LogP contribution < -0.4 is 15.2 Å². The molecular formula is C19H15N5O2S. The molecule has 2 aromatic carbocycles. The predicted octanol–water partition coefficient (Wildman–Crippen LogP) is 2.98. The monoisotopic (exact) mass is 377 g/mol. The molecule has 0 radical (unpaired) electrons. The third-order valence-electron chi connectivity index (χ3n) is 3.87. The van der Waals surface area contributed by atoms with Crippen molar-refractivity contribution in [1.82, 2.24) is 10.3 Å². The summed E-state index contributed by atoms with van der Waals surface area (Å²) >= 11 is 1.35. The lowest BCUT2D eigenvalue weighted by Crippen LogP contribution is -2.34. The van der Waals surface area contributed by atoms with Gasteiger partial charge in [-0.2, -0.15) is 5.10 Å². The van der Waals surface area contributed by atoms with Crippen LogP contribution in [-0.4, -0.2) is 16.0 Å². The molecule has 0 unspecified atom stereocenters. The van der Waals surface area contributed by atoms with Gasteiger partial charge in [-0.25, -0.2) is 4.98 Å². The Hall–Kier alpha value is -3.52. The van der Waals surface area contributed by atoms with E-state index in [1.54, 1.807) is 5.38 Å². The molecule has 8 heteroatoms. The highest BCUT2D eigenvalue weighted by Crippen LogP contribution is 2.28. The molecule has 0 saturated carbocycles. The van der Waals surface area contributed by atoms with Crippen molar-refractivity contribution in [2.24, 2.45) is 5.10 Å². The number of benzene rings is 2. The summed E-state index contributed by atoms with van der Waals surface area (Å²) in [6.45, 7) is 1.91. The molecule has 134 valence electrons. The number of nitrogens with one attached hydrogen (secondary N) is 1. The van der Waals surface area contributed by atoms with Gasteiger partial charge in [-0.3, -0.25) is 5.43 Å². The van der Waals surface area contributed by atoms with Crippen LogP contribution in [0.3, 0.4) is 0 Å². The number of rotatable bonds is 5. The van der Waals surface area contributed by atoms with Crippen LogP contribution in [0.25, 0.3) is 17.1 Å². The number of hydrogen-bond donors (Lipinski definition) is 1. The molecule has 4 rings (SSSR count). The SMILES string of the molecule is CC(=NNc1nc(-c2c([O-])on[n+]2-c2ccccc2)cs1)c1ccccc1. The minimum absolute atomic E-state index is 0.272. The van der Waals surface area contributed by atoms with Gasteiger partial charge in [-0.05, 0) is 17.2 Å². The zero-order valence-electron chi connectivity index (χ0n) is 14.4. The average molecular weight is 377 g/mol. The normalized spacial score (nSPS) is 11.5. The van der Waals surface area contributed by atoms with Gasteiger partial charge in [0.15, 0.2) is 11.6 Å². The Morgan fingerprint density at radius 1 is 1.11 bits per heavy atom. The third kappa shape index (κ3) is 3.56. The second-order valence-corrected chi connectivity index (χ2v) is 6.53. The van der Waals surface area contributed by atoms with Crippen molar-refractivity contribution < 1.29 is 14.3 Å². The van der Waals surface area contributed by atoms with E-state index in [1.165, 1.54) is 16.0 Å². The van der Waals surface area contributed by atoms with Gasteiger partial charge in [0.05, 0.1) is 11.0 Å². The highest BCUT2D eigenvalue weighted by atomic mass is 32.1. The van der Waals surface area contributed by atoms with Gasteiger partial charge in [0.25, 0.3) is 5.69 Å². The van der Waals surface area contributed by atoms with E-state index in [-0.39, 0.29) is 5.69 Å². The molecule has 4 aromatic rings. The largest absolute Gasteiger partial charge is 0.539 e. The van der Waals surface area contributed by atoms with Crippen molar-refractivity contribution in [3.63, 3.8) is 0 Å². The first-order valence-corrected chi connectivity index (χ1v) is 9.06. The van der Waals surface area contributed by atoms with Crippen LogP contribution in [-0.2, 0) is 0 Å². The average Bonchev–Trinajstić information content (AvgIpc) is 3.33. The summed E-state index contributed by atoms with van der Waals surface area (Å²) in [6, 6.07) is 19.1. The maximum atomic E-state index is 12.1. The molecule has 0 bridgehead atoms. The molecule has 2 heterocycles. The van der Waals surface area contributed by atoms with Crippen molar-refractivity contribution >= 4 is 22.2 Å². The third-order valence-corrected chi connectivity index (χ3v) is 4.62. The number of anilines is 1. The van der Waals surface area contributed by atoms with Crippen LogP contribution in [0.1, 0.15) is 12.5 Å². The van der Waals surface area contributed by atoms with E-state index in [9.17, 15) is 5.11 Å². The second-order valence-electron chi connectivity index (χ2n) is 5.67. The Balaban J connectivity index is 1.60. The fourth-order valence-electron chi connectivity index (χ4n) is 2.52. The first-order chi connectivity index (χ1) is 13.2. The highest BCUT2D eigenvalue weighted by Gasteiger charge is 2.24. The topological polar surface area (TPSA) is 90.2 Å². The molecule has 0 aliphatic rings. The van der Waals surface area contributed by atoms with E-state index in [0.717, 1.165) is 17.0 Å². The van der Waals surface area contributed by atoms with Crippen LogP contribution in [0.15, 0.2) is 75.7 Å². The van der Waals surface area contributed by atoms with E-state index >= 15 is 0 Å². The highest BCUT2D eigenvalue weighted by molar-refractivity contribution is 7.14. The summed E-state index contributed by atoms with van der Waals surface area (Å²) in [5.74, 6) is -0.542. The number of hydrazone groups is 1. The molecule has 0 saturated heterocycles. The smallest absolute Gasteiger partial charge is 0.289 e. The fourth-order valence-corrected chi connectivity index (χ4v) is 3.15. The van der Waals surface area contributed by atoms with Crippen LogP contribution >= 0.6 is 11.3 Å². The Morgan fingerprint density at radius 3 is 2.56 bits per heavy atom. The van der Waals surface area contributed by atoms with Gasteiger partial charge in [0, 0.05) is 17.5 Å². The van der Waals surface area contributed by atoms with Crippen LogP contribution in [0.2, 0.25) is 0 Å². The number of aromatic nitrogens is 3. The van der Waals surface area contributed by atoms with Gasteiger partial charge in [-0.1, -0.05) is 48.5 Å². The Bertz CT molecular complexity index is 1070. The van der Waals surface area contributed by atoms with Gasteiger partial charge >= 0.3 is 0 Å². The number of hydrogen-bond acceptors (Lipinski definition) is 7. The molecule has 2 aromatic heterocycles. The minimum Gasteiger partial charge on any atom is -0.539 e. The summed E-state index contributed by atoms with van der Waals surface area (Å²) < 4.78 is 6.29. The molecular weight excluding hydrogens is 362 g/mol. The Labute approximate surface area is 159 Å². The molecule has 0 aliphatic carbocycles. The number of thiazole rings is 1. The lowest BCUT2D eigenvalue weighted by Gasteiger charge is -2.00. The van der Waals surface area contributed by atoms with Crippen LogP contribution in [0, 0.1) is 0 Å². The summed E-state index contributed by atoms with van der Waals surface area (Å²) in [5.41, 5.74) is 6.26. The first kappa shape index (κ1) is 16.9. The van der Waals surface area contributed by atoms with Gasteiger partial charge in [0.1, 0.15) is 0 Å². The van der Waals surface area contributed by atoms with Crippen LogP contribution in [0.5, 0.6) is 5.95 Å². The summed E-state index contributed by atoms with van der Waals surface area (Å²) in [6.07, 6.45) is 0. The minimum atomic E-state index is -0.542. The molecule has 7 nitrogen and oxygen atoms in total. The maximum Gasteiger partial charge on any atom is 0.289 e. The van der Waals surface area contributed by atoms with E-state index in [1.807, 2.05) is 67.6 Å². The van der Waals surface area contributed by atoms with Crippen molar-refractivity contribution in [2.75, 3.05) is 5.43 Å². The zero-order valence-corrected chi connectivity index (χ0v) is 15.2. The Morgan fingerprint density at radius 2 is 1.81 bits per heavy atom. The van der Waals surface area contributed by atoms with Gasteiger partial charge in [-0.15, -0.1) is 11.3 Å². The van der Waals surface area contributed by atoms with E-state index in [4.69, 9.17) is 4.52 Å². The quantitative estimate of drug-likeness (QED) is 0.328. The van der Waals surface area contributed by atoms with Crippen molar-refractivity contribution in [1.29, 1.82) is 0 Å². The van der Waals surface area contributed by atoms with E-state index in [0.29, 0.717) is 10.8 Å². The molecule has 0 amide bonds. The molecule has 27 heavy (non-hydrogen) atoms. The predicted molar refractivity (Wildman–Crippen MR) is 101 cm³/mol. The van der Waals surface area contributed by atoms with Gasteiger partial charge < -0.3 is 9.63 Å². The number of para-hydroxylation sites is 1. The van der Waals surface area contributed by atoms with E-state index in [2.05, 4.69) is 20.8 Å². The molecule has 0 aliphatic heterocycles. The maximum absolute atomic E-state index is 12.1. The van der Waals surface area contributed by atoms with E-state index < -0.39 is 5.95 Å². The Kier molecular flexibility index (Phi) is 4.63.